The van der Waals surface area contributed by atoms with Gasteiger partial charge in [-0.25, -0.2) is 0 Å². The summed E-state index contributed by atoms with van der Waals surface area (Å²) in [6.07, 6.45) is 2.96. The van der Waals surface area contributed by atoms with E-state index in [2.05, 4.69) is 36.9 Å². The Morgan fingerprint density at radius 1 is 0.778 bits per heavy atom. The molecule has 6 heteroatoms. The summed E-state index contributed by atoms with van der Waals surface area (Å²) in [6.45, 7) is 8.93. The smallest absolute Gasteiger partial charge is 0.258 e. The SMILES string of the molecule is CC(C)c1cc(C(=O)N2Cc3ccc(CN4CCC(C=O)CC4)cc3C2)c(OCc2ccccc2)cc1OCc1ccccc1. The first-order valence-electron chi connectivity index (χ1n) is 16.1. The van der Waals surface area contributed by atoms with E-state index in [0.717, 1.165) is 61.2 Å². The number of carbonyl (C=O) groups is 2. The van der Waals surface area contributed by atoms with Crippen LogP contribution in [0.4, 0.5) is 0 Å². The largest absolute Gasteiger partial charge is 0.488 e. The summed E-state index contributed by atoms with van der Waals surface area (Å²) in [7, 11) is 0. The molecule has 0 atom stereocenters. The Labute approximate surface area is 266 Å². The highest BCUT2D eigenvalue weighted by atomic mass is 16.5. The molecule has 4 aromatic carbocycles. The molecule has 1 saturated heterocycles. The summed E-state index contributed by atoms with van der Waals surface area (Å²) in [5, 5.41) is 0. The summed E-state index contributed by atoms with van der Waals surface area (Å²) in [5.41, 5.74) is 7.30. The molecule has 6 rings (SSSR count). The number of amides is 1. The number of carbonyl (C=O) groups excluding carboxylic acids is 2. The summed E-state index contributed by atoms with van der Waals surface area (Å²) in [4.78, 5) is 29.7. The van der Waals surface area contributed by atoms with E-state index in [-0.39, 0.29) is 17.7 Å². The van der Waals surface area contributed by atoms with Gasteiger partial charge in [0.25, 0.3) is 5.91 Å². The zero-order valence-corrected chi connectivity index (χ0v) is 26.3. The summed E-state index contributed by atoms with van der Waals surface area (Å²) in [6, 6.07) is 30.6. The lowest BCUT2D eigenvalue weighted by Gasteiger charge is -2.29. The molecule has 2 aliphatic heterocycles. The van der Waals surface area contributed by atoms with E-state index < -0.39 is 0 Å². The van der Waals surface area contributed by atoms with Crippen molar-refractivity contribution in [2.45, 2.75) is 65.5 Å². The van der Waals surface area contributed by atoms with Crippen molar-refractivity contribution in [1.29, 1.82) is 0 Å². The second-order valence-electron chi connectivity index (χ2n) is 12.6. The second-order valence-corrected chi connectivity index (χ2v) is 12.6. The molecule has 6 nitrogen and oxygen atoms in total. The van der Waals surface area contributed by atoms with E-state index in [9.17, 15) is 9.59 Å². The fourth-order valence-electron chi connectivity index (χ4n) is 6.28. The lowest BCUT2D eigenvalue weighted by atomic mass is 9.98. The van der Waals surface area contributed by atoms with E-state index >= 15 is 0 Å². The third-order valence-corrected chi connectivity index (χ3v) is 8.95. The number of rotatable bonds is 11. The molecule has 0 bridgehead atoms. The molecule has 0 spiro atoms. The van der Waals surface area contributed by atoms with Crippen LogP contribution in [0.3, 0.4) is 0 Å². The number of hydrogen-bond acceptors (Lipinski definition) is 5. The molecule has 0 N–H and O–H groups in total. The molecule has 0 aliphatic carbocycles. The van der Waals surface area contributed by atoms with Crippen molar-refractivity contribution in [3.05, 3.63) is 130 Å². The van der Waals surface area contributed by atoms with E-state index in [1.54, 1.807) is 0 Å². The quantitative estimate of drug-likeness (QED) is 0.166. The van der Waals surface area contributed by atoms with Crippen LogP contribution in [0.5, 0.6) is 11.5 Å². The molecule has 1 fully saturated rings. The maximum atomic E-state index is 14.2. The fraction of sp³-hybridized carbons (Fsp3) is 0.333. The van der Waals surface area contributed by atoms with Crippen LogP contribution in [0.2, 0.25) is 0 Å². The van der Waals surface area contributed by atoms with Crippen molar-refractivity contribution >= 4 is 12.2 Å². The first kappa shape index (κ1) is 30.6. The molecule has 232 valence electrons. The molecule has 0 aromatic heterocycles. The maximum absolute atomic E-state index is 14.2. The Hall–Kier alpha value is -4.42. The van der Waals surface area contributed by atoms with Gasteiger partial charge in [0.1, 0.15) is 31.0 Å². The van der Waals surface area contributed by atoms with Crippen LogP contribution < -0.4 is 9.47 Å². The molecule has 0 unspecified atom stereocenters. The van der Waals surface area contributed by atoms with Gasteiger partial charge in [-0.1, -0.05) is 92.7 Å². The van der Waals surface area contributed by atoms with E-state index in [1.807, 2.05) is 77.7 Å². The lowest BCUT2D eigenvalue weighted by molar-refractivity contribution is -0.112. The van der Waals surface area contributed by atoms with Crippen LogP contribution >= 0.6 is 0 Å². The predicted molar refractivity (Wildman–Crippen MR) is 176 cm³/mol. The van der Waals surface area contributed by atoms with Gasteiger partial charge in [0.05, 0.1) is 5.56 Å². The highest BCUT2D eigenvalue weighted by molar-refractivity contribution is 5.98. The molecule has 2 heterocycles. The molecule has 45 heavy (non-hydrogen) atoms. The van der Waals surface area contributed by atoms with Crippen LogP contribution in [-0.4, -0.2) is 35.1 Å². The third-order valence-electron chi connectivity index (χ3n) is 8.95. The van der Waals surface area contributed by atoms with Gasteiger partial charge in [0.2, 0.25) is 0 Å². The minimum absolute atomic E-state index is 0.0387. The van der Waals surface area contributed by atoms with Gasteiger partial charge >= 0.3 is 0 Å². The van der Waals surface area contributed by atoms with Gasteiger partial charge in [-0.15, -0.1) is 0 Å². The Bertz CT molecular complexity index is 1610. The predicted octanol–water partition coefficient (Wildman–Crippen LogP) is 7.53. The summed E-state index contributed by atoms with van der Waals surface area (Å²) < 4.78 is 12.7. The summed E-state index contributed by atoms with van der Waals surface area (Å²) >= 11 is 0. The van der Waals surface area contributed by atoms with Crippen molar-refractivity contribution in [3.8, 4) is 11.5 Å². The van der Waals surface area contributed by atoms with Crippen molar-refractivity contribution in [1.82, 2.24) is 9.80 Å². The van der Waals surface area contributed by atoms with Crippen molar-refractivity contribution in [2.24, 2.45) is 5.92 Å². The molecule has 0 saturated carbocycles. The minimum Gasteiger partial charge on any atom is -0.488 e. The van der Waals surface area contributed by atoms with E-state index in [4.69, 9.17) is 9.47 Å². The number of ether oxygens (including phenoxy) is 2. The number of fused-ring (bicyclic) bond motifs is 1. The Morgan fingerprint density at radius 2 is 1.40 bits per heavy atom. The Kier molecular flexibility index (Phi) is 9.61. The van der Waals surface area contributed by atoms with Gasteiger partial charge in [-0.3, -0.25) is 9.69 Å². The standard InChI is InChI=1S/C39H42N2O4/c1-28(2)35-20-36(38(45-27-31-11-7-4-8-12-31)21-37(35)44-26-30-9-5-3-6-10-30)39(43)41-23-33-14-13-32(19-34(33)24-41)22-40-17-15-29(25-42)16-18-40/h3-14,19-21,25,28-29H,15-18,22-24,26-27H2,1-2H3. The molecular formula is C39H42N2O4. The first-order chi connectivity index (χ1) is 22.0. The topological polar surface area (TPSA) is 59.1 Å². The number of aldehydes is 1. The zero-order valence-electron chi connectivity index (χ0n) is 26.3. The Morgan fingerprint density at radius 3 is 2.02 bits per heavy atom. The van der Waals surface area contributed by atoms with Crippen molar-refractivity contribution in [2.75, 3.05) is 13.1 Å². The molecular weight excluding hydrogens is 560 g/mol. The summed E-state index contributed by atoms with van der Waals surface area (Å²) in [5.74, 6) is 1.58. The second kappa shape index (κ2) is 14.1. The molecule has 1 amide bonds. The highest BCUT2D eigenvalue weighted by Gasteiger charge is 2.29. The molecule has 0 radical (unpaired) electrons. The fourth-order valence-corrected chi connectivity index (χ4v) is 6.28. The number of hydrogen-bond donors (Lipinski definition) is 0. The molecule has 4 aromatic rings. The average molecular weight is 603 g/mol. The van der Waals surface area contributed by atoms with Crippen LogP contribution in [0.15, 0.2) is 91.0 Å². The maximum Gasteiger partial charge on any atom is 0.258 e. The minimum atomic E-state index is -0.0387. The number of nitrogens with zero attached hydrogens (tertiary/aromatic N) is 2. The van der Waals surface area contributed by atoms with E-state index in [1.165, 1.54) is 16.7 Å². The van der Waals surface area contributed by atoms with E-state index in [0.29, 0.717) is 37.6 Å². The lowest BCUT2D eigenvalue weighted by Crippen LogP contribution is -2.33. The van der Waals surface area contributed by atoms with Gasteiger partial charge in [0, 0.05) is 31.6 Å². The molecule has 2 aliphatic rings. The zero-order chi connectivity index (χ0) is 31.2. The number of benzene rings is 4. The van der Waals surface area contributed by atoms with Gasteiger partial charge < -0.3 is 19.2 Å². The van der Waals surface area contributed by atoms with Crippen molar-refractivity contribution in [3.63, 3.8) is 0 Å². The highest BCUT2D eigenvalue weighted by Crippen LogP contribution is 2.37. The monoisotopic (exact) mass is 602 g/mol. The third kappa shape index (κ3) is 7.46. The van der Waals surface area contributed by atoms with Crippen LogP contribution in [-0.2, 0) is 37.6 Å². The van der Waals surface area contributed by atoms with Crippen LogP contribution in [0.1, 0.15) is 76.3 Å². The first-order valence-corrected chi connectivity index (χ1v) is 16.1. The van der Waals surface area contributed by atoms with Gasteiger partial charge in [0.15, 0.2) is 0 Å². The van der Waals surface area contributed by atoms with Crippen LogP contribution in [0, 0.1) is 5.92 Å². The van der Waals surface area contributed by atoms with Gasteiger partial charge in [-0.2, -0.15) is 0 Å². The van der Waals surface area contributed by atoms with Crippen molar-refractivity contribution < 1.29 is 19.1 Å². The Balaban J connectivity index is 1.23. The average Bonchev–Trinajstić information content (AvgIpc) is 3.51. The van der Waals surface area contributed by atoms with Crippen LogP contribution in [0.25, 0.3) is 0 Å². The number of piperidine rings is 1. The normalized spacial score (nSPS) is 15.2. The van der Waals surface area contributed by atoms with Gasteiger partial charge in [-0.05, 0) is 71.3 Å². The number of likely N-dealkylation sites (tertiary alicyclic amines) is 1.